The predicted molar refractivity (Wildman–Crippen MR) is 135 cm³/mol. The second kappa shape index (κ2) is 10.4. The summed E-state index contributed by atoms with van der Waals surface area (Å²) in [4.78, 5) is 35.4. The fourth-order valence-electron chi connectivity index (χ4n) is 5.67. The van der Waals surface area contributed by atoms with Crippen molar-refractivity contribution in [1.29, 1.82) is 0 Å². The third kappa shape index (κ3) is 4.72. The second-order valence-electron chi connectivity index (χ2n) is 9.65. The smallest absolute Gasteiger partial charge is 0.232 e. The number of para-hydroxylation sites is 2. The van der Waals surface area contributed by atoms with Gasteiger partial charge in [-0.1, -0.05) is 43.2 Å². The van der Waals surface area contributed by atoms with Crippen molar-refractivity contribution in [2.45, 2.75) is 70.4 Å². The van der Waals surface area contributed by atoms with Gasteiger partial charge in [0.15, 0.2) is 0 Å². The molecule has 34 heavy (non-hydrogen) atoms. The molecule has 1 aromatic heterocycles. The molecule has 1 aliphatic heterocycles. The van der Waals surface area contributed by atoms with Crippen molar-refractivity contribution in [2.24, 2.45) is 5.92 Å². The minimum absolute atomic E-state index is 0.0343. The number of aryl methyl sites for hydroxylation is 1. The Kier molecular flexibility index (Phi) is 6.93. The second-order valence-corrected chi connectivity index (χ2v) is 9.65. The van der Waals surface area contributed by atoms with Crippen LogP contribution in [-0.2, 0) is 16.1 Å². The highest BCUT2D eigenvalue weighted by atomic mass is 16.2. The van der Waals surface area contributed by atoms with E-state index in [2.05, 4.69) is 27.8 Å². The number of rotatable bonds is 8. The molecule has 1 saturated carbocycles. The van der Waals surface area contributed by atoms with Gasteiger partial charge in [0.05, 0.1) is 30.2 Å². The van der Waals surface area contributed by atoms with Gasteiger partial charge in [-0.05, 0) is 56.2 Å². The molecule has 2 atom stereocenters. The number of anilines is 2. The van der Waals surface area contributed by atoms with Gasteiger partial charge in [0.25, 0.3) is 0 Å². The van der Waals surface area contributed by atoms with Gasteiger partial charge in [-0.2, -0.15) is 0 Å². The molecule has 3 aliphatic rings. The number of aromatic nitrogens is 2. The van der Waals surface area contributed by atoms with Gasteiger partial charge in [0.1, 0.15) is 0 Å². The molecule has 1 aromatic carbocycles. The van der Waals surface area contributed by atoms with Crippen molar-refractivity contribution in [1.82, 2.24) is 9.55 Å². The maximum Gasteiger partial charge on any atom is 0.232 e. The van der Waals surface area contributed by atoms with E-state index >= 15 is 0 Å². The van der Waals surface area contributed by atoms with Crippen molar-refractivity contribution < 1.29 is 9.59 Å². The van der Waals surface area contributed by atoms with Crippen LogP contribution < -0.4 is 9.80 Å². The van der Waals surface area contributed by atoms with E-state index in [0.717, 1.165) is 69.3 Å². The lowest BCUT2D eigenvalue weighted by molar-refractivity contribution is -0.123. The topological polar surface area (TPSA) is 58.4 Å². The molecule has 6 heteroatoms. The summed E-state index contributed by atoms with van der Waals surface area (Å²) in [5.41, 5.74) is 2.95. The zero-order valence-corrected chi connectivity index (χ0v) is 19.8. The van der Waals surface area contributed by atoms with Gasteiger partial charge in [-0.3, -0.25) is 9.59 Å². The minimum Gasteiger partial charge on any atom is -0.337 e. The lowest BCUT2D eigenvalue weighted by Crippen LogP contribution is -2.45. The van der Waals surface area contributed by atoms with Crippen LogP contribution >= 0.6 is 0 Å². The Morgan fingerprint density at radius 2 is 1.94 bits per heavy atom. The number of unbranched alkanes of at least 4 members (excludes halogenated alkanes) is 2. The molecular weight excluding hydrogens is 424 g/mol. The monoisotopic (exact) mass is 458 g/mol. The number of carbonyl (C=O) groups excluding carboxylic acids is 2. The van der Waals surface area contributed by atoms with Gasteiger partial charge in [-0.15, -0.1) is 0 Å². The molecule has 2 unspecified atom stereocenters. The number of amides is 2. The maximum absolute atomic E-state index is 13.8. The lowest BCUT2D eigenvalue weighted by atomic mass is 9.99. The van der Waals surface area contributed by atoms with E-state index in [1.807, 2.05) is 46.6 Å². The van der Waals surface area contributed by atoms with Crippen molar-refractivity contribution >= 4 is 23.2 Å². The summed E-state index contributed by atoms with van der Waals surface area (Å²) < 4.78 is 2.08. The SMILES string of the molecule is O=C1C2CCCC2N(C(=O)CCCCCn2ccnc2)c2ccccc2N1CC1=CCCC=C1. The maximum atomic E-state index is 13.8. The summed E-state index contributed by atoms with van der Waals surface area (Å²) in [6.07, 6.45) is 20.4. The summed E-state index contributed by atoms with van der Waals surface area (Å²) in [6.45, 7) is 1.51. The molecule has 1 fully saturated rings. The van der Waals surface area contributed by atoms with E-state index in [1.165, 1.54) is 5.57 Å². The number of carbonyl (C=O) groups is 2. The summed E-state index contributed by atoms with van der Waals surface area (Å²) in [6, 6.07) is 7.96. The number of hydrogen-bond donors (Lipinski definition) is 0. The Morgan fingerprint density at radius 1 is 1.06 bits per heavy atom. The molecule has 6 nitrogen and oxygen atoms in total. The molecule has 178 valence electrons. The Morgan fingerprint density at radius 3 is 2.74 bits per heavy atom. The Balaban J connectivity index is 1.34. The van der Waals surface area contributed by atoms with Crippen LogP contribution in [0.1, 0.15) is 57.8 Å². The van der Waals surface area contributed by atoms with Crippen LogP contribution in [-0.4, -0.2) is 34.0 Å². The molecule has 0 saturated heterocycles. The number of fused-ring (bicyclic) bond motifs is 2. The summed E-state index contributed by atoms with van der Waals surface area (Å²) in [5.74, 6) is 0.203. The summed E-state index contributed by atoms with van der Waals surface area (Å²) in [5, 5.41) is 0. The van der Waals surface area contributed by atoms with Gasteiger partial charge in [0, 0.05) is 31.4 Å². The molecule has 0 bridgehead atoms. The fraction of sp³-hybridized carbons (Fsp3) is 0.464. The molecule has 0 N–H and O–H groups in total. The van der Waals surface area contributed by atoms with Crippen LogP contribution in [0.25, 0.3) is 0 Å². The molecule has 0 spiro atoms. The summed E-state index contributed by atoms with van der Waals surface area (Å²) >= 11 is 0. The van der Waals surface area contributed by atoms with Gasteiger partial charge in [0.2, 0.25) is 11.8 Å². The fourth-order valence-corrected chi connectivity index (χ4v) is 5.67. The Labute approximate surface area is 202 Å². The number of hydrogen-bond acceptors (Lipinski definition) is 3. The first-order valence-corrected chi connectivity index (χ1v) is 12.8. The van der Waals surface area contributed by atoms with E-state index in [9.17, 15) is 9.59 Å². The van der Waals surface area contributed by atoms with Crippen molar-refractivity contribution in [3.63, 3.8) is 0 Å². The molecule has 2 aliphatic carbocycles. The third-order valence-corrected chi connectivity index (χ3v) is 7.37. The molecule has 5 rings (SSSR count). The molecule has 2 amide bonds. The summed E-state index contributed by atoms with van der Waals surface area (Å²) in [7, 11) is 0. The zero-order chi connectivity index (χ0) is 23.3. The third-order valence-electron chi connectivity index (χ3n) is 7.37. The van der Waals surface area contributed by atoms with Crippen molar-refractivity contribution in [3.8, 4) is 0 Å². The highest BCUT2D eigenvalue weighted by Crippen LogP contribution is 2.43. The molecule has 0 radical (unpaired) electrons. The highest BCUT2D eigenvalue weighted by Gasteiger charge is 2.45. The molecular formula is C28H34N4O2. The Hall–Kier alpha value is -3.15. The number of nitrogens with zero attached hydrogens (tertiary/aromatic N) is 4. The van der Waals surface area contributed by atoms with E-state index in [-0.39, 0.29) is 23.8 Å². The largest absolute Gasteiger partial charge is 0.337 e. The lowest BCUT2D eigenvalue weighted by Gasteiger charge is -2.30. The normalized spacial score (nSPS) is 21.8. The number of allylic oxidation sites excluding steroid dienone is 2. The van der Waals surface area contributed by atoms with Crippen LogP contribution in [0.15, 0.2) is 66.8 Å². The van der Waals surface area contributed by atoms with E-state index in [1.54, 1.807) is 6.20 Å². The predicted octanol–water partition coefficient (Wildman–Crippen LogP) is 5.27. The van der Waals surface area contributed by atoms with E-state index < -0.39 is 0 Å². The van der Waals surface area contributed by atoms with Gasteiger partial charge in [-0.25, -0.2) is 4.98 Å². The van der Waals surface area contributed by atoms with Gasteiger partial charge < -0.3 is 14.4 Å². The van der Waals surface area contributed by atoms with E-state index in [0.29, 0.717) is 13.0 Å². The van der Waals surface area contributed by atoms with Gasteiger partial charge >= 0.3 is 0 Å². The average Bonchev–Trinajstić information content (AvgIpc) is 3.54. The van der Waals surface area contributed by atoms with Crippen molar-refractivity contribution in [2.75, 3.05) is 16.3 Å². The number of benzene rings is 1. The highest BCUT2D eigenvalue weighted by molar-refractivity contribution is 6.07. The Bertz CT molecular complexity index is 1070. The van der Waals surface area contributed by atoms with E-state index in [4.69, 9.17) is 0 Å². The minimum atomic E-state index is -0.120. The zero-order valence-electron chi connectivity index (χ0n) is 19.8. The van der Waals surface area contributed by atoms with Crippen LogP contribution in [0.3, 0.4) is 0 Å². The molecule has 2 aromatic rings. The van der Waals surface area contributed by atoms with Crippen molar-refractivity contribution in [3.05, 3.63) is 66.8 Å². The van der Waals surface area contributed by atoms with Crippen LogP contribution in [0.2, 0.25) is 0 Å². The van der Waals surface area contributed by atoms with Crippen LogP contribution in [0, 0.1) is 5.92 Å². The quantitative estimate of drug-likeness (QED) is 0.507. The van der Waals surface area contributed by atoms with Crippen LogP contribution in [0.4, 0.5) is 11.4 Å². The average molecular weight is 459 g/mol. The first-order valence-electron chi connectivity index (χ1n) is 12.8. The standard InChI is InChI=1S/C28H34N4O2/c33-27(16-5-2-8-18-30-19-17-29-21-30)32-24-15-9-12-23(24)28(34)31(20-22-10-3-1-4-11-22)25-13-6-7-14-26(25)32/h3,6-7,10-11,13-14,17,19,21,23-24H,1-2,4-5,8-9,12,15-16,18,20H2. The molecule has 2 heterocycles. The first kappa shape index (κ1) is 22.6. The van der Waals surface area contributed by atoms with Crippen LogP contribution in [0.5, 0.6) is 0 Å². The number of imidazole rings is 1. The first-order chi connectivity index (χ1) is 16.7.